The number of thioether (sulfide) groups is 1. The average Bonchev–Trinajstić information content (AvgIpc) is 3.10. The zero-order valence-electron chi connectivity index (χ0n) is 15.8. The highest BCUT2D eigenvalue weighted by atomic mass is 32.2. The number of nitrogens with zero attached hydrogens (tertiary/aromatic N) is 4. The molecule has 150 valence electrons. The second-order valence-corrected chi connectivity index (χ2v) is 10.2. The Morgan fingerprint density at radius 1 is 1.14 bits per heavy atom. The van der Waals surface area contributed by atoms with Crippen LogP contribution in [-0.4, -0.2) is 61.1 Å². The van der Waals surface area contributed by atoms with Gasteiger partial charge in [-0.05, 0) is 30.9 Å². The van der Waals surface area contributed by atoms with Gasteiger partial charge in [0.1, 0.15) is 0 Å². The molecule has 0 aliphatic carbocycles. The SMILES string of the molecule is CSc1cnc(NCCCNc2nc3ccc(S(=O)(=O)N(C)C)cc3s2)nc1. The predicted octanol–water partition coefficient (Wildman–Crippen LogP) is 2.97. The maximum absolute atomic E-state index is 12.3. The minimum Gasteiger partial charge on any atom is -0.361 e. The van der Waals surface area contributed by atoms with Crippen LogP contribution in [0.3, 0.4) is 0 Å². The van der Waals surface area contributed by atoms with E-state index in [0.717, 1.165) is 39.8 Å². The van der Waals surface area contributed by atoms with Crippen molar-refractivity contribution in [2.75, 3.05) is 44.1 Å². The Bertz CT molecular complexity index is 1030. The van der Waals surface area contributed by atoms with Crippen LogP contribution >= 0.6 is 23.1 Å². The molecule has 1 aromatic carbocycles. The van der Waals surface area contributed by atoms with Gasteiger partial charge in [0.15, 0.2) is 5.13 Å². The van der Waals surface area contributed by atoms with E-state index in [2.05, 4.69) is 25.6 Å². The number of sulfonamides is 1. The number of anilines is 2. The second kappa shape index (κ2) is 9.03. The van der Waals surface area contributed by atoms with Crippen molar-refractivity contribution in [3.05, 3.63) is 30.6 Å². The number of thiazole rings is 1. The molecular formula is C17H22N6O2S3. The Kier molecular flexibility index (Phi) is 6.70. The molecular weight excluding hydrogens is 416 g/mol. The molecule has 0 aliphatic heterocycles. The van der Waals surface area contributed by atoms with Crippen LogP contribution < -0.4 is 10.6 Å². The number of benzene rings is 1. The van der Waals surface area contributed by atoms with Crippen molar-refractivity contribution in [3.63, 3.8) is 0 Å². The molecule has 0 fully saturated rings. The molecule has 2 aromatic heterocycles. The minimum absolute atomic E-state index is 0.275. The molecule has 8 nitrogen and oxygen atoms in total. The largest absolute Gasteiger partial charge is 0.361 e. The fraction of sp³-hybridized carbons (Fsp3) is 0.353. The summed E-state index contributed by atoms with van der Waals surface area (Å²) in [7, 11) is -0.397. The summed E-state index contributed by atoms with van der Waals surface area (Å²) in [6.45, 7) is 1.47. The molecule has 3 rings (SSSR count). The molecule has 0 aliphatic rings. The van der Waals surface area contributed by atoms with Gasteiger partial charge in [-0.3, -0.25) is 0 Å². The third kappa shape index (κ3) is 4.90. The zero-order valence-corrected chi connectivity index (χ0v) is 18.3. The maximum Gasteiger partial charge on any atom is 0.242 e. The molecule has 0 spiro atoms. The zero-order chi connectivity index (χ0) is 20.1. The van der Waals surface area contributed by atoms with Crippen molar-refractivity contribution in [1.82, 2.24) is 19.3 Å². The van der Waals surface area contributed by atoms with Gasteiger partial charge < -0.3 is 10.6 Å². The summed E-state index contributed by atoms with van der Waals surface area (Å²) in [4.78, 5) is 14.3. The highest BCUT2D eigenvalue weighted by Crippen LogP contribution is 2.28. The standard InChI is InChI=1S/C17H22N6O2S3/c1-23(2)28(24,25)13-5-6-14-15(9-13)27-17(22-14)19-8-4-7-18-16-20-10-12(26-3)11-21-16/h5-6,9-11H,4,7-8H2,1-3H3,(H,19,22)(H,18,20,21). The van der Waals surface area contributed by atoms with Crippen LogP contribution in [0.15, 0.2) is 40.4 Å². The lowest BCUT2D eigenvalue weighted by atomic mass is 10.3. The van der Waals surface area contributed by atoms with Crippen LogP contribution in [0.25, 0.3) is 10.2 Å². The topological polar surface area (TPSA) is 100 Å². The van der Waals surface area contributed by atoms with Gasteiger partial charge in [0.2, 0.25) is 16.0 Å². The molecule has 28 heavy (non-hydrogen) atoms. The first-order chi connectivity index (χ1) is 13.4. The van der Waals surface area contributed by atoms with Gasteiger partial charge in [0, 0.05) is 44.5 Å². The van der Waals surface area contributed by atoms with Crippen LogP contribution in [0.1, 0.15) is 6.42 Å². The molecule has 0 amide bonds. The average molecular weight is 439 g/mol. The van der Waals surface area contributed by atoms with Crippen LogP contribution in [0.5, 0.6) is 0 Å². The molecule has 0 atom stereocenters. The van der Waals surface area contributed by atoms with E-state index >= 15 is 0 Å². The van der Waals surface area contributed by atoms with Gasteiger partial charge >= 0.3 is 0 Å². The minimum atomic E-state index is -3.44. The summed E-state index contributed by atoms with van der Waals surface area (Å²) in [5, 5.41) is 7.24. The summed E-state index contributed by atoms with van der Waals surface area (Å²) in [5.74, 6) is 0.618. The molecule has 0 saturated carbocycles. The lowest BCUT2D eigenvalue weighted by Crippen LogP contribution is -2.22. The summed E-state index contributed by atoms with van der Waals surface area (Å²) in [5.41, 5.74) is 0.783. The molecule has 0 radical (unpaired) electrons. The van der Waals surface area contributed by atoms with E-state index in [-0.39, 0.29) is 4.90 Å². The highest BCUT2D eigenvalue weighted by molar-refractivity contribution is 7.98. The summed E-state index contributed by atoms with van der Waals surface area (Å²) >= 11 is 3.05. The Morgan fingerprint density at radius 3 is 2.54 bits per heavy atom. The van der Waals surface area contributed by atoms with Crippen molar-refractivity contribution in [2.24, 2.45) is 0 Å². The summed E-state index contributed by atoms with van der Waals surface area (Å²) < 4.78 is 26.6. The smallest absolute Gasteiger partial charge is 0.242 e. The first-order valence-electron chi connectivity index (χ1n) is 8.57. The van der Waals surface area contributed by atoms with E-state index < -0.39 is 10.0 Å². The Morgan fingerprint density at radius 2 is 1.86 bits per heavy atom. The Labute approximate surface area is 172 Å². The van der Waals surface area contributed by atoms with Gasteiger partial charge in [-0.15, -0.1) is 11.8 Å². The van der Waals surface area contributed by atoms with Crippen molar-refractivity contribution >= 4 is 54.4 Å². The van der Waals surface area contributed by atoms with Crippen molar-refractivity contribution in [2.45, 2.75) is 16.2 Å². The predicted molar refractivity (Wildman–Crippen MR) is 116 cm³/mol. The Hall–Kier alpha value is -1.95. The van der Waals surface area contributed by atoms with Crippen molar-refractivity contribution in [1.29, 1.82) is 0 Å². The fourth-order valence-electron chi connectivity index (χ4n) is 2.35. The maximum atomic E-state index is 12.3. The number of aromatic nitrogens is 3. The fourth-order valence-corrected chi connectivity index (χ4v) is 4.60. The number of rotatable bonds is 9. The third-order valence-corrected chi connectivity index (χ3v) is 7.38. The Balaban J connectivity index is 1.53. The quantitative estimate of drug-likeness (QED) is 0.388. The first kappa shape index (κ1) is 20.8. The monoisotopic (exact) mass is 438 g/mol. The van der Waals surface area contributed by atoms with Gasteiger partial charge in [-0.1, -0.05) is 11.3 Å². The number of fused-ring (bicyclic) bond motifs is 1. The van der Waals surface area contributed by atoms with Gasteiger partial charge in [0.25, 0.3) is 0 Å². The number of nitrogens with one attached hydrogen (secondary N) is 2. The number of hydrogen-bond acceptors (Lipinski definition) is 9. The van der Waals surface area contributed by atoms with Gasteiger partial charge in [0.05, 0.1) is 15.1 Å². The lowest BCUT2D eigenvalue weighted by Gasteiger charge is -2.10. The third-order valence-electron chi connectivity index (χ3n) is 3.92. The van der Waals surface area contributed by atoms with Crippen molar-refractivity contribution in [3.8, 4) is 0 Å². The molecule has 2 N–H and O–H groups in total. The van der Waals surface area contributed by atoms with E-state index in [1.54, 1.807) is 42.4 Å². The lowest BCUT2D eigenvalue weighted by molar-refractivity contribution is 0.521. The molecule has 0 bridgehead atoms. The van der Waals surface area contributed by atoms with Crippen LogP contribution in [0, 0.1) is 0 Å². The van der Waals surface area contributed by atoms with E-state index in [9.17, 15) is 8.42 Å². The van der Waals surface area contributed by atoms with Crippen LogP contribution in [0.4, 0.5) is 11.1 Å². The molecule has 11 heteroatoms. The van der Waals surface area contributed by atoms with Crippen LogP contribution in [0.2, 0.25) is 0 Å². The first-order valence-corrected chi connectivity index (χ1v) is 12.0. The second-order valence-electron chi connectivity index (χ2n) is 6.09. The van der Waals surface area contributed by atoms with Gasteiger partial charge in [-0.25, -0.2) is 27.7 Å². The summed E-state index contributed by atoms with van der Waals surface area (Å²) in [6.07, 6.45) is 6.44. The molecule has 0 unspecified atom stereocenters. The van der Waals surface area contributed by atoms with Crippen molar-refractivity contribution < 1.29 is 8.42 Å². The molecule has 2 heterocycles. The highest BCUT2D eigenvalue weighted by Gasteiger charge is 2.18. The van der Waals surface area contributed by atoms with Gasteiger partial charge in [-0.2, -0.15) is 0 Å². The molecule has 3 aromatic rings. The van der Waals surface area contributed by atoms with Crippen LogP contribution in [-0.2, 0) is 10.0 Å². The summed E-state index contributed by atoms with van der Waals surface area (Å²) in [6, 6.07) is 5.00. The number of hydrogen-bond donors (Lipinski definition) is 2. The van der Waals surface area contributed by atoms with E-state index in [4.69, 9.17) is 0 Å². The molecule has 0 saturated heterocycles. The van der Waals surface area contributed by atoms with E-state index in [0.29, 0.717) is 5.95 Å². The van der Waals surface area contributed by atoms with E-state index in [1.807, 2.05) is 6.26 Å². The van der Waals surface area contributed by atoms with E-state index in [1.165, 1.54) is 29.7 Å². The normalized spacial score (nSPS) is 11.9.